The standard InChI is InChI=1S/C22H31N3O2S2/c1-7-12-24-21(27)18-16-10-8-9-11-17(16)29-19(18)23-22(24)28-15(6)20(26)25(13(2)3)14(4)5/h7,13-15H,1,8-12H2,2-6H3. The van der Waals surface area contributed by atoms with Crippen molar-refractivity contribution in [1.29, 1.82) is 0 Å². The first kappa shape index (κ1) is 22.1. The molecule has 0 aliphatic heterocycles. The normalized spacial score (nSPS) is 15.0. The first-order chi connectivity index (χ1) is 13.8. The number of rotatable bonds is 7. The van der Waals surface area contributed by atoms with Gasteiger partial charge in [0.25, 0.3) is 5.56 Å². The highest BCUT2D eigenvalue weighted by molar-refractivity contribution is 8.00. The number of allylic oxidation sites excluding steroid dienone is 1. The number of hydrogen-bond donors (Lipinski definition) is 0. The second-order valence-corrected chi connectivity index (χ2v) is 10.6. The molecule has 2 aromatic rings. The third kappa shape index (κ3) is 4.31. The summed E-state index contributed by atoms with van der Waals surface area (Å²) < 4.78 is 1.68. The lowest BCUT2D eigenvalue weighted by Crippen LogP contribution is -2.45. The quantitative estimate of drug-likeness (QED) is 0.362. The van der Waals surface area contributed by atoms with Crippen molar-refractivity contribution in [2.45, 2.75) is 89.3 Å². The molecule has 1 unspecified atom stereocenters. The number of thiophene rings is 1. The van der Waals surface area contributed by atoms with Crippen LogP contribution in [0.5, 0.6) is 0 Å². The Morgan fingerprint density at radius 1 is 1.24 bits per heavy atom. The summed E-state index contributed by atoms with van der Waals surface area (Å²) in [5.74, 6) is 0.0740. The van der Waals surface area contributed by atoms with E-state index in [1.54, 1.807) is 22.0 Å². The Morgan fingerprint density at radius 3 is 2.52 bits per heavy atom. The first-order valence-corrected chi connectivity index (χ1v) is 12.1. The van der Waals surface area contributed by atoms with E-state index in [0.29, 0.717) is 11.7 Å². The maximum atomic E-state index is 13.3. The van der Waals surface area contributed by atoms with Crippen LogP contribution in [0.1, 0.15) is 57.9 Å². The van der Waals surface area contributed by atoms with Crippen LogP contribution in [0, 0.1) is 0 Å². The molecule has 7 heteroatoms. The zero-order chi connectivity index (χ0) is 21.3. The fraction of sp³-hybridized carbons (Fsp3) is 0.591. The van der Waals surface area contributed by atoms with Gasteiger partial charge in [0.1, 0.15) is 4.83 Å². The summed E-state index contributed by atoms with van der Waals surface area (Å²) in [6.45, 7) is 14.2. The summed E-state index contributed by atoms with van der Waals surface area (Å²) in [5, 5.41) is 1.06. The van der Waals surface area contributed by atoms with Gasteiger partial charge in [-0.15, -0.1) is 17.9 Å². The number of amides is 1. The highest BCUT2D eigenvalue weighted by Crippen LogP contribution is 2.35. The fourth-order valence-corrected chi connectivity index (χ4v) is 6.40. The average molecular weight is 434 g/mol. The Labute approximate surface area is 181 Å². The number of fused-ring (bicyclic) bond motifs is 3. The van der Waals surface area contributed by atoms with Crippen molar-refractivity contribution >= 4 is 39.2 Å². The van der Waals surface area contributed by atoms with Crippen molar-refractivity contribution in [3.8, 4) is 0 Å². The van der Waals surface area contributed by atoms with Crippen molar-refractivity contribution in [2.75, 3.05) is 0 Å². The highest BCUT2D eigenvalue weighted by Gasteiger charge is 2.28. The van der Waals surface area contributed by atoms with Crippen LogP contribution in [0.4, 0.5) is 0 Å². The number of hydrogen-bond acceptors (Lipinski definition) is 5. The predicted octanol–water partition coefficient (Wildman–Crippen LogP) is 4.65. The van der Waals surface area contributed by atoms with E-state index in [1.165, 1.54) is 28.6 Å². The van der Waals surface area contributed by atoms with Gasteiger partial charge >= 0.3 is 0 Å². The van der Waals surface area contributed by atoms with Gasteiger partial charge in [0.2, 0.25) is 5.91 Å². The maximum absolute atomic E-state index is 13.3. The molecule has 0 bridgehead atoms. The Hall–Kier alpha value is -1.60. The van der Waals surface area contributed by atoms with E-state index in [0.717, 1.165) is 29.5 Å². The van der Waals surface area contributed by atoms with Gasteiger partial charge in [0.05, 0.1) is 10.6 Å². The number of carbonyl (C=O) groups excluding carboxylic acids is 1. The summed E-state index contributed by atoms with van der Waals surface area (Å²) >= 11 is 3.02. The van der Waals surface area contributed by atoms with Gasteiger partial charge in [-0.1, -0.05) is 17.8 Å². The second-order valence-electron chi connectivity index (χ2n) is 8.18. The molecule has 5 nitrogen and oxygen atoms in total. The first-order valence-electron chi connectivity index (χ1n) is 10.4. The van der Waals surface area contributed by atoms with E-state index < -0.39 is 0 Å². The summed E-state index contributed by atoms with van der Waals surface area (Å²) in [6, 6.07) is 0.251. The van der Waals surface area contributed by atoms with Crippen LogP contribution < -0.4 is 5.56 Å². The third-order valence-corrected chi connectivity index (χ3v) is 7.61. The van der Waals surface area contributed by atoms with Crippen LogP contribution in [0.25, 0.3) is 10.2 Å². The van der Waals surface area contributed by atoms with E-state index in [1.807, 2.05) is 39.5 Å². The van der Waals surface area contributed by atoms with E-state index >= 15 is 0 Å². The number of carbonyl (C=O) groups is 1. The van der Waals surface area contributed by atoms with E-state index in [2.05, 4.69) is 6.58 Å². The SMILES string of the molecule is C=CCn1c(SC(C)C(=O)N(C(C)C)C(C)C)nc2sc3c(c2c1=O)CCCC3. The fourth-order valence-electron chi connectivity index (χ4n) is 4.12. The van der Waals surface area contributed by atoms with Crippen LogP contribution in [0.3, 0.4) is 0 Å². The van der Waals surface area contributed by atoms with Crippen LogP contribution in [0.2, 0.25) is 0 Å². The number of nitrogens with zero attached hydrogens (tertiary/aromatic N) is 3. The minimum Gasteiger partial charge on any atom is -0.337 e. The summed E-state index contributed by atoms with van der Waals surface area (Å²) in [5.41, 5.74) is 1.19. The van der Waals surface area contributed by atoms with Crippen molar-refractivity contribution in [3.63, 3.8) is 0 Å². The van der Waals surface area contributed by atoms with Gasteiger partial charge in [-0.3, -0.25) is 14.2 Å². The molecule has 0 saturated carbocycles. The van der Waals surface area contributed by atoms with Crippen LogP contribution in [-0.4, -0.2) is 37.7 Å². The Bertz CT molecular complexity index is 967. The summed E-state index contributed by atoms with van der Waals surface area (Å²) in [4.78, 5) is 35.3. The molecule has 2 aromatic heterocycles. The van der Waals surface area contributed by atoms with Crippen LogP contribution >= 0.6 is 23.1 Å². The summed E-state index contributed by atoms with van der Waals surface area (Å²) in [7, 11) is 0. The summed E-state index contributed by atoms with van der Waals surface area (Å²) in [6.07, 6.45) is 6.01. The minimum atomic E-state index is -0.324. The molecule has 0 saturated heterocycles. The van der Waals surface area contributed by atoms with E-state index in [9.17, 15) is 9.59 Å². The highest BCUT2D eigenvalue weighted by atomic mass is 32.2. The van der Waals surface area contributed by atoms with Crippen LogP contribution in [-0.2, 0) is 24.2 Å². The van der Waals surface area contributed by atoms with Gasteiger partial charge in [-0.25, -0.2) is 4.98 Å². The predicted molar refractivity (Wildman–Crippen MR) is 123 cm³/mol. The molecule has 0 radical (unpaired) electrons. The lowest BCUT2D eigenvalue weighted by Gasteiger charge is -2.33. The molecule has 3 rings (SSSR count). The molecule has 1 aliphatic rings. The van der Waals surface area contributed by atoms with Gasteiger partial charge < -0.3 is 4.90 Å². The Kier molecular flexibility index (Phi) is 6.89. The molecule has 0 N–H and O–H groups in total. The van der Waals surface area contributed by atoms with Crippen molar-refractivity contribution in [1.82, 2.24) is 14.5 Å². The number of aromatic nitrogens is 2. The monoisotopic (exact) mass is 433 g/mol. The molecule has 0 fully saturated rings. The number of thioether (sulfide) groups is 1. The third-order valence-electron chi connectivity index (χ3n) is 5.35. The lowest BCUT2D eigenvalue weighted by atomic mass is 9.97. The molecule has 2 heterocycles. The molecule has 1 atom stereocenters. The maximum Gasteiger partial charge on any atom is 0.263 e. The van der Waals surface area contributed by atoms with E-state index in [4.69, 9.17) is 4.98 Å². The Balaban J connectivity index is 2.02. The van der Waals surface area contributed by atoms with Crippen molar-refractivity contribution < 1.29 is 4.79 Å². The smallest absolute Gasteiger partial charge is 0.263 e. The largest absolute Gasteiger partial charge is 0.337 e. The van der Waals surface area contributed by atoms with Gasteiger partial charge in [-0.2, -0.15) is 0 Å². The van der Waals surface area contributed by atoms with Crippen LogP contribution in [0.15, 0.2) is 22.6 Å². The molecule has 29 heavy (non-hydrogen) atoms. The molecular formula is C22H31N3O2S2. The van der Waals surface area contributed by atoms with Gasteiger partial charge in [0, 0.05) is 23.5 Å². The molecular weight excluding hydrogens is 402 g/mol. The zero-order valence-electron chi connectivity index (χ0n) is 18.0. The number of aryl methyl sites for hydroxylation is 2. The lowest BCUT2D eigenvalue weighted by molar-refractivity contribution is -0.133. The van der Waals surface area contributed by atoms with E-state index in [-0.39, 0.29) is 28.8 Å². The topological polar surface area (TPSA) is 55.2 Å². The minimum absolute atomic E-state index is 0.000948. The zero-order valence-corrected chi connectivity index (χ0v) is 19.7. The van der Waals surface area contributed by atoms with Crippen molar-refractivity contribution in [2.24, 2.45) is 0 Å². The van der Waals surface area contributed by atoms with Gasteiger partial charge in [-0.05, 0) is 65.9 Å². The molecule has 0 spiro atoms. The molecule has 0 aromatic carbocycles. The molecule has 158 valence electrons. The molecule has 1 amide bonds. The van der Waals surface area contributed by atoms with Crippen molar-refractivity contribution in [3.05, 3.63) is 33.4 Å². The average Bonchev–Trinajstić information content (AvgIpc) is 3.02. The Morgan fingerprint density at radius 2 is 1.90 bits per heavy atom. The van der Waals surface area contributed by atoms with Gasteiger partial charge in [0.15, 0.2) is 5.16 Å². The molecule has 1 aliphatic carbocycles. The second kappa shape index (κ2) is 9.04.